The smallest absolute Gasteiger partial charge is 0.329 e. The minimum atomic E-state index is -1.19. The predicted octanol–water partition coefficient (Wildman–Crippen LogP) is 0.886. The molecule has 18 heavy (non-hydrogen) atoms. The van der Waals surface area contributed by atoms with Crippen LogP contribution in [0.1, 0.15) is 26.2 Å². The molecule has 0 unspecified atom stereocenters. The first kappa shape index (κ1) is 14.5. The minimum Gasteiger partial charge on any atom is -0.480 e. The highest BCUT2D eigenvalue weighted by atomic mass is 16.5. The maximum absolute atomic E-state index is 11.6. The Balaban J connectivity index is 2.45. The molecule has 0 aromatic rings. The fourth-order valence-corrected chi connectivity index (χ4v) is 1.81. The third-order valence-electron chi connectivity index (χ3n) is 2.94. The molecule has 0 radical (unpaired) electrons. The Bertz CT molecular complexity index is 322. The summed E-state index contributed by atoms with van der Waals surface area (Å²) in [6.07, 6.45) is 5.15. The van der Waals surface area contributed by atoms with Crippen LogP contribution in [0.25, 0.3) is 0 Å². The van der Waals surface area contributed by atoms with Gasteiger partial charge in [-0.2, -0.15) is 0 Å². The lowest BCUT2D eigenvalue weighted by molar-refractivity contribution is -0.148. The highest BCUT2D eigenvalue weighted by Crippen LogP contribution is 2.20. The molecule has 1 aliphatic rings. The van der Waals surface area contributed by atoms with Crippen molar-refractivity contribution in [3.8, 4) is 0 Å². The number of urea groups is 1. The molecule has 0 aliphatic carbocycles. The van der Waals surface area contributed by atoms with E-state index in [1.165, 1.54) is 0 Å². The lowest BCUT2D eigenvalue weighted by atomic mass is 9.90. The molecule has 1 fully saturated rings. The molecule has 2 amide bonds. The maximum Gasteiger partial charge on any atom is 0.329 e. The number of rotatable bonds is 5. The molecule has 1 saturated heterocycles. The van der Waals surface area contributed by atoms with E-state index in [-0.39, 0.29) is 0 Å². The highest BCUT2D eigenvalue weighted by molar-refractivity contribution is 5.86. The van der Waals surface area contributed by atoms with Crippen molar-refractivity contribution in [2.45, 2.75) is 31.7 Å². The Hall–Kier alpha value is -1.56. The highest BCUT2D eigenvalue weighted by Gasteiger charge is 2.41. The lowest BCUT2D eigenvalue weighted by Crippen LogP contribution is -2.59. The van der Waals surface area contributed by atoms with Gasteiger partial charge in [-0.1, -0.05) is 12.2 Å². The molecule has 1 rings (SSSR count). The predicted molar refractivity (Wildman–Crippen MR) is 66.4 cm³/mol. The van der Waals surface area contributed by atoms with Gasteiger partial charge in [-0.25, -0.2) is 9.59 Å². The normalized spacial score (nSPS) is 18.5. The number of nitrogens with one attached hydrogen (secondary N) is 2. The Kier molecular flexibility index (Phi) is 5.64. The van der Waals surface area contributed by atoms with Gasteiger partial charge in [0.25, 0.3) is 0 Å². The van der Waals surface area contributed by atoms with Gasteiger partial charge in [-0.05, 0) is 13.3 Å². The maximum atomic E-state index is 11.6. The lowest BCUT2D eigenvalue weighted by Gasteiger charge is -2.33. The van der Waals surface area contributed by atoms with Gasteiger partial charge < -0.3 is 20.5 Å². The Morgan fingerprint density at radius 2 is 2.06 bits per heavy atom. The van der Waals surface area contributed by atoms with Crippen molar-refractivity contribution in [1.82, 2.24) is 10.6 Å². The summed E-state index contributed by atoms with van der Waals surface area (Å²) in [5.74, 6) is -1.01. The van der Waals surface area contributed by atoms with E-state index in [0.717, 1.165) is 6.42 Å². The molecular weight excluding hydrogens is 236 g/mol. The summed E-state index contributed by atoms with van der Waals surface area (Å²) >= 11 is 0. The summed E-state index contributed by atoms with van der Waals surface area (Å²) in [6.45, 7) is 3.10. The van der Waals surface area contributed by atoms with Gasteiger partial charge in [-0.15, -0.1) is 0 Å². The van der Waals surface area contributed by atoms with Gasteiger partial charge in [-0.3, -0.25) is 0 Å². The largest absolute Gasteiger partial charge is 0.480 e. The molecule has 1 aliphatic heterocycles. The molecule has 0 aromatic carbocycles. The summed E-state index contributed by atoms with van der Waals surface area (Å²) in [6, 6.07) is -0.441. The molecule has 0 saturated carbocycles. The van der Waals surface area contributed by atoms with E-state index in [1.807, 2.05) is 19.1 Å². The third kappa shape index (κ3) is 4.03. The fraction of sp³-hybridized carbons (Fsp3) is 0.667. The second-order valence-corrected chi connectivity index (χ2v) is 4.24. The Morgan fingerprint density at radius 3 is 2.61 bits per heavy atom. The average Bonchev–Trinajstić information content (AvgIpc) is 2.35. The van der Waals surface area contributed by atoms with E-state index >= 15 is 0 Å². The number of aliphatic carboxylic acids is 1. The Morgan fingerprint density at radius 1 is 1.39 bits per heavy atom. The zero-order chi connectivity index (χ0) is 13.4. The monoisotopic (exact) mass is 256 g/mol. The van der Waals surface area contributed by atoms with Crippen molar-refractivity contribution in [2.24, 2.45) is 0 Å². The van der Waals surface area contributed by atoms with E-state index < -0.39 is 17.5 Å². The molecule has 102 valence electrons. The molecule has 6 heteroatoms. The number of carboxylic acids is 1. The Labute approximate surface area is 106 Å². The standard InChI is InChI=1S/C12H20N2O4/c1-2-3-4-7-13-11(17)14-12(10(15)16)5-8-18-9-6-12/h2-3H,4-9H2,1H3,(H,15,16)(H2,13,14,17)/b3-2+. The first-order chi connectivity index (χ1) is 8.60. The van der Waals surface area contributed by atoms with Gasteiger partial charge in [0.05, 0.1) is 0 Å². The molecule has 0 atom stereocenters. The van der Waals surface area contributed by atoms with E-state index in [4.69, 9.17) is 4.74 Å². The van der Waals surface area contributed by atoms with Crippen molar-refractivity contribution in [3.63, 3.8) is 0 Å². The average molecular weight is 256 g/mol. The molecule has 3 N–H and O–H groups in total. The fourth-order valence-electron chi connectivity index (χ4n) is 1.81. The first-order valence-electron chi connectivity index (χ1n) is 6.09. The van der Waals surface area contributed by atoms with Crippen LogP contribution in [0.4, 0.5) is 4.79 Å². The van der Waals surface area contributed by atoms with Crippen LogP contribution in [0.15, 0.2) is 12.2 Å². The van der Waals surface area contributed by atoms with Crippen molar-refractivity contribution < 1.29 is 19.4 Å². The number of carboxylic acid groups (broad SMARTS) is 1. The molecule has 1 heterocycles. The quantitative estimate of drug-likeness (QED) is 0.503. The van der Waals surface area contributed by atoms with Crippen molar-refractivity contribution in [1.29, 1.82) is 0 Å². The van der Waals surface area contributed by atoms with Crippen molar-refractivity contribution in [2.75, 3.05) is 19.8 Å². The van der Waals surface area contributed by atoms with Crippen molar-refractivity contribution >= 4 is 12.0 Å². The van der Waals surface area contributed by atoms with E-state index in [2.05, 4.69) is 10.6 Å². The van der Waals surface area contributed by atoms with Crippen LogP contribution in [0.5, 0.6) is 0 Å². The van der Waals surface area contributed by atoms with Crippen LogP contribution in [0.2, 0.25) is 0 Å². The summed E-state index contributed by atoms with van der Waals surface area (Å²) in [4.78, 5) is 22.9. The van der Waals surface area contributed by atoms with Crippen molar-refractivity contribution in [3.05, 3.63) is 12.2 Å². The number of hydrogen-bond acceptors (Lipinski definition) is 3. The van der Waals surface area contributed by atoms with E-state index in [0.29, 0.717) is 32.6 Å². The van der Waals surface area contributed by atoms with Crippen LogP contribution in [-0.4, -0.2) is 42.4 Å². The molecule has 0 spiro atoms. The first-order valence-corrected chi connectivity index (χ1v) is 6.09. The van der Waals surface area contributed by atoms with Gasteiger partial charge >= 0.3 is 12.0 Å². The van der Waals surface area contributed by atoms with Crippen LogP contribution in [0, 0.1) is 0 Å². The van der Waals surface area contributed by atoms with Gasteiger partial charge in [0.15, 0.2) is 0 Å². The molecular formula is C12H20N2O4. The zero-order valence-electron chi connectivity index (χ0n) is 10.6. The zero-order valence-corrected chi connectivity index (χ0v) is 10.6. The summed E-state index contributed by atoms with van der Waals surface area (Å²) < 4.78 is 5.13. The van der Waals surface area contributed by atoms with E-state index in [9.17, 15) is 14.7 Å². The summed E-state index contributed by atoms with van der Waals surface area (Å²) in [5.41, 5.74) is -1.19. The van der Waals surface area contributed by atoms with Gasteiger partial charge in [0.2, 0.25) is 0 Å². The topological polar surface area (TPSA) is 87.7 Å². The summed E-state index contributed by atoms with van der Waals surface area (Å²) in [5, 5.41) is 14.4. The van der Waals surface area contributed by atoms with Gasteiger partial charge in [0, 0.05) is 32.6 Å². The third-order valence-corrected chi connectivity index (χ3v) is 2.94. The number of carbonyl (C=O) groups excluding carboxylic acids is 1. The number of hydrogen-bond donors (Lipinski definition) is 3. The molecule has 0 bridgehead atoms. The number of allylic oxidation sites excluding steroid dienone is 1. The van der Waals surface area contributed by atoms with Crippen LogP contribution < -0.4 is 10.6 Å². The second-order valence-electron chi connectivity index (χ2n) is 4.24. The second kappa shape index (κ2) is 7.00. The van der Waals surface area contributed by atoms with Gasteiger partial charge in [0.1, 0.15) is 5.54 Å². The number of ether oxygens (including phenoxy) is 1. The number of amides is 2. The molecule has 0 aromatic heterocycles. The van der Waals surface area contributed by atoms with E-state index in [1.54, 1.807) is 0 Å². The minimum absolute atomic E-state index is 0.296. The van der Waals surface area contributed by atoms with Crippen LogP contribution in [0.3, 0.4) is 0 Å². The number of carbonyl (C=O) groups is 2. The molecule has 6 nitrogen and oxygen atoms in total. The van der Waals surface area contributed by atoms with Crippen LogP contribution >= 0.6 is 0 Å². The SMILES string of the molecule is C/C=C/CCNC(=O)NC1(C(=O)O)CCOCC1. The summed E-state index contributed by atoms with van der Waals surface area (Å²) in [7, 11) is 0. The van der Waals surface area contributed by atoms with Crippen LogP contribution in [-0.2, 0) is 9.53 Å².